The molecule has 0 atom stereocenters. The van der Waals surface area contributed by atoms with Crippen LogP contribution < -0.4 is 5.73 Å². The number of benzene rings is 2. The summed E-state index contributed by atoms with van der Waals surface area (Å²) >= 11 is 0. The summed E-state index contributed by atoms with van der Waals surface area (Å²) in [7, 11) is -3.90. The molecule has 0 saturated carbocycles. The van der Waals surface area contributed by atoms with Crippen molar-refractivity contribution in [1.29, 1.82) is 0 Å². The van der Waals surface area contributed by atoms with Crippen LogP contribution in [0.15, 0.2) is 71.9 Å². The highest BCUT2D eigenvalue weighted by molar-refractivity contribution is 7.89. The highest BCUT2D eigenvalue weighted by atomic mass is 32.2. The van der Waals surface area contributed by atoms with Crippen LogP contribution >= 0.6 is 0 Å². The van der Waals surface area contributed by atoms with Crippen LogP contribution in [0.3, 0.4) is 0 Å². The summed E-state index contributed by atoms with van der Waals surface area (Å²) in [5.41, 5.74) is 9.55. The first-order chi connectivity index (χ1) is 16.9. The van der Waals surface area contributed by atoms with E-state index < -0.39 is 15.8 Å². The Morgan fingerprint density at radius 3 is 2.57 bits per heavy atom. The van der Waals surface area contributed by atoms with Gasteiger partial charge in [0.25, 0.3) is 0 Å². The number of rotatable bonds is 4. The molecule has 0 spiro atoms. The van der Waals surface area contributed by atoms with Crippen molar-refractivity contribution in [2.75, 3.05) is 18.8 Å². The third-order valence-corrected chi connectivity index (χ3v) is 8.60. The zero-order valence-corrected chi connectivity index (χ0v) is 19.5. The second-order valence-corrected chi connectivity index (χ2v) is 10.6. The van der Waals surface area contributed by atoms with Crippen molar-refractivity contribution in [3.05, 3.63) is 78.6 Å². The number of nitrogens with one attached hydrogen (secondary N) is 1. The topological polar surface area (TPSA) is 109 Å². The Balaban J connectivity index is 1.34. The van der Waals surface area contributed by atoms with E-state index in [1.807, 2.05) is 40.9 Å². The van der Waals surface area contributed by atoms with E-state index in [9.17, 15) is 12.8 Å². The molecule has 1 aliphatic heterocycles. The fraction of sp³-hybridized carbons (Fsp3) is 0.200. The summed E-state index contributed by atoms with van der Waals surface area (Å²) in [5.74, 6) is 0.458. The lowest BCUT2D eigenvalue weighted by Gasteiger charge is -2.30. The number of piperidine rings is 1. The Morgan fingerprint density at radius 1 is 1.06 bits per heavy atom. The van der Waals surface area contributed by atoms with E-state index >= 15 is 0 Å². The monoisotopic (exact) mass is 490 g/mol. The number of nitrogen functional groups attached to an aromatic ring is 1. The number of hydrogen-bond donors (Lipinski definition) is 2. The molecule has 0 bridgehead atoms. The van der Waals surface area contributed by atoms with Gasteiger partial charge in [0.15, 0.2) is 0 Å². The SMILES string of the molecule is Nc1nccn2c(C3CCN(S(=O)(=O)c4ccccc4F)CC3)nc(-c3cc4ccccc4[nH]3)c12. The van der Waals surface area contributed by atoms with Crippen LogP contribution in [-0.2, 0) is 10.0 Å². The van der Waals surface area contributed by atoms with Crippen LogP contribution in [0, 0.1) is 5.82 Å². The van der Waals surface area contributed by atoms with Gasteiger partial charge in [-0.2, -0.15) is 4.31 Å². The molecule has 2 aromatic carbocycles. The number of aromatic amines is 1. The van der Waals surface area contributed by atoms with Crippen molar-refractivity contribution in [2.24, 2.45) is 0 Å². The number of para-hydroxylation sites is 1. The first-order valence-electron chi connectivity index (χ1n) is 11.4. The van der Waals surface area contributed by atoms with Gasteiger partial charge in [0.05, 0.1) is 5.69 Å². The largest absolute Gasteiger partial charge is 0.382 e. The van der Waals surface area contributed by atoms with Crippen LogP contribution in [0.4, 0.5) is 10.2 Å². The van der Waals surface area contributed by atoms with E-state index in [-0.39, 0.29) is 23.9 Å². The Kier molecular flexibility index (Phi) is 5.08. The quantitative estimate of drug-likeness (QED) is 0.393. The average molecular weight is 491 g/mol. The van der Waals surface area contributed by atoms with Crippen LogP contribution in [0.2, 0.25) is 0 Å². The third-order valence-electron chi connectivity index (χ3n) is 6.67. The molecule has 10 heteroatoms. The van der Waals surface area contributed by atoms with Crippen molar-refractivity contribution >= 4 is 32.3 Å². The maximum atomic E-state index is 14.2. The second-order valence-electron chi connectivity index (χ2n) is 8.73. The standard InChI is InChI=1S/C25H23FN6O2S/c26-18-6-2-4-8-21(18)35(33,34)31-12-9-16(10-13-31)25-30-22(23-24(27)28-11-14-32(23)25)20-15-17-5-1-3-7-19(17)29-20/h1-8,11,14-16,29H,9-10,12-13H2,(H2,27,28). The normalized spacial score (nSPS) is 15.8. The molecule has 0 unspecified atom stereocenters. The van der Waals surface area contributed by atoms with Gasteiger partial charge in [0.2, 0.25) is 10.0 Å². The number of hydrogen-bond acceptors (Lipinski definition) is 5. The molecule has 3 N–H and O–H groups in total. The van der Waals surface area contributed by atoms with Crippen LogP contribution in [0.25, 0.3) is 27.8 Å². The van der Waals surface area contributed by atoms with Crippen LogP contribution in [0.5, 0.6) is 0 Å². The van der Waals surface area contributed by atoms with Gasteiger partial charge in [-0.1, -0.05) is 30.3 Å². The molecular formula is C25H23FN6O2S. The van der Waals surface area contributed by atoms with E-state index in [4.69, 9.17) is 10.7 Å². The molecule has 4 heterocycles. The molecule has 0 radical (unpaired) electrons. The minimum Gasteiger partial charge on any atom is -0.382 e. The molecule has 1 aliphatic rings. The van der Waals surface area contributed by atoms with Crippen molar-refractivity contribution in [3.8, 4) is 11.4 Å². The highest BCUT2D eigenvalue weighted by Crippen LogP contribution is 2.36. The smallest absolute Gasteiger partial charge is 0.245 e. The van der Waals surface area contributed by atoms with Gasteiger partial charge in [0.1, 0.15) is 33.6 Å². The summed E-state index contributed by atoms with van der Waals surface area (Å²) in [5, 5.41) is 1.07. The summed E-state index contributed by atoms with van der Waals surface area (Å²) in [4.78, 5) is 12.4. The number of aromatic nitrogens is 4. The fourth-order valence-corrected chi connectivity index (χ4v) is 6.45. The minimum absolute atomic E-state index is 0.00880. The predicted octanol–water partition coefficient (Wildman–Crippen LogP) is 4.17. The fourth-order valence-electron chi connectivity index (χ4n) is 4.91. The summed E-state index contributed by atoms with van der Waals surface area (Å²) in [6, 6.07) is 15.5. The lowest BCUT2D eigenvalue weighted by Crippen LogP contribution is -2.38. The van der Waals surface area contributed by atoms with E-state index in [0.717, 1.165) is 27.9 Å². The molecule has 1 saturated heterocycles. The van der Waals surface area contributed by atoms with Crippen LogP contribution in [-0.4, -0.2) is 45.2 Å². The Morgan fingerprint density at radius 2 is 1.80 bits per heavy atom. The number of H-pyrrole nitrogens is 1. The average Bonchev–Trinajstić information content (AvgIpc) is 3.47. The van der Waals surface area contributed by atoms with Crippen molar-refractivity contribution in [1.82, 2.24) is 23.7 Å². The van der Waals surface area contributed by atoms with Gasteiger partial charge in [-0.15, -0.1) is 0 Å². The van der Waals surface area contributed by atoms with Gasteiger partial charge < -0.3 is 10.7 Å². The molecule has 35 heavy (non-hydrogen) atoms. The molecular weight excluding hydrogens is 467 g/mol. The van der Waals surface area contributed by atoms with Crippen molar-refractivity contribution in [3.63, 3.8) is 0 Å². The van der Waals surface area contributed by atoms with E-state index in [1.165, 1.54) is 28.6 Å². The second kappa shape index (κ2) is 8.17. The first-order valence-corrected chi connectivity index (χ1v) is 12.8. The Hall–Kier alpha value is -3.76. The molecule has 1 fully saturated rings. The molecule has 0 aliphatic carbocycles. The van der Waals surface area contributed by atoms with Gasteiger partial charge in [-0.25, -0.2) is 22.8 Å². The summed E-state index contributed by atoms with van der Waals surface area (Å²) in [6.07, 6.45) is 4.59. The van der Waals surface area contributed by atoms with Gasteiger partial charge in [-0.05, 0) is 37.1 Å². The maximum absolute atomic E-state index is 14.2. The number of sulfonamides is 1. The molecule has 178 valence electrons. The maximum Gasteiger partial charge on any atom is 0.245 e. The first kappa shape index (κ1) is 21.8. The molecule has 6 rings (SSSR count). The van der Waals surface area contributed by atoms with Gasteiger partial charge >= 0.3 is 0 Å². The zero-order valence-electron chi connectivity index (χ0n) is 18.7. The number of nitrogens with two attached hydrogens (primary N) is 1. The number of imidazole rings is 1. The number of anilines is 1. The molecule has 3 aromatic heterocycles. The lowest BCUT2D eigenvalue weighted by atomic mass is 9.97. The molecule has 8 nitrogen and oxygen atoms in total. The lowest BCUT2D eigenvalue weighted by molar-refractivity contribution is 0.312. The minimum atomic E-state index is -3.90. The zero-order chi connectivity index (χ0) is 24.2. The van der Waals surface area contributed by atoms with E-state index in [0.29, 0.717) is 24.4 Å². The van der Waals surface area contributed by atoms with Gasteiger partial charge in [-0.3, -0.25) is 4.40 Å². The molecule has 0 amide bonds. The number of nitrogens with zero attached hydrogens (tertiary/aromatic N) is 4. The predicted molar refractivity (Wildman–Crippen MR) is 132 cm³/mol. The van der Waals surface area contributed by atoms with E-state index in [1.54, 1.807) is 6.20 Å². The number of fused-ring (bicyclic) bond motifs is 2. The van der Waals surface area contributed by atoms with Crippen molar-refractivity contribution in [2.45, 2.75) is 23.7 Å². The highest BCUT2D eigenvalue weighted by Gasteiger charge is 2.33. The van der Waals surface area contributed by atoms with Gasteiger partial charge in [0, 0.05) is 42.3 Å². The van der Waals surface area contributed by atoms with Crippen LogP contribution in [0.1, 0.15) is 24.6 Å². The Bertz CT molecular complexity index is 1640. The Labute approximate surface area is 201 Å². The molecule has 5 aromatic rings. The van der Waals surface area contributed by atoms with E-state index in [2.05, 4.69) is 9.97 Å². The summed E-state index contributed by atoms with van der Waals surface area (Å²) < 4.78 is 43.5. The van der Waals surface area contributed by atoms with Crippen molar-refractivity contribution < 1.29 is 12.8 Å². The third kappa shape index (κ3) is 3.57. The summed E-state index contributed by atoms with van der Waals surface area (Å²) in [6.45, 7) is 0.553. The number of halogens is 1.